The zero-order chi connectivity index (χ0) is 18.5. The van der Waals surface area contributed by atoms with E-state index in [9.17, 15) is 14.9 Å². The number of hydrogen-bond donors (Lipinski definition) is 1. The maximum Gasteiger partial charge on any atom is 0.310 e. The van der Waals surface area contributed by atoms with Crippen molar-refractivity contribution in [1.82, 2.24) is 4.98 Å². The molecule has 2 aromatic carbocycles. The summed E-state index contributed by atoms with van der Waals surface area (Å²) >= 11 is 1.30. The van der Waals surface area contributed by atoms with Crippen molar-refractivity contribution in [3.8, 4) is 17.0 Å². The van der Waals surface area contributed by atoms with Crippen LogP contribution in [0.15, 0.2) is 60.0 Å². The first-order valence-corrected chi connectivity index (χ1v) is 8.64. The van der Waals surface area contributed by atoms with Gasteiger partial charge in [-0.3, -0.25) is 20.2 Å². The third-order valence-corrected chi connectivity index (χ3v) is 4.30. The molecule has 0 aliphatic rings. The zero-order valence-corrected chi connectivity index (χ0v) is 14.6. The lowest BCUT2D eigenvalue weighted by molar-refractivity contribution is -0.386. The number of hydrogen-bond acceptors (Lipinski definition) is 6. The summed E-state index contributed by atoms with van der Waals surface area (Å²) < 4.78 is 5.46. The molecule has 7 nitrogen and oxygen atoms in total. The molecule has 0 aliphatic heterocycles. The Hall–Kier alpha value is -3.26. The van der Waals surface area contributed by atoms with Crippen LogP contribution in [0.25, 0.3) is 11.3 Å². The summed E-state index contributed by atoms with van der Waals surface area (Å²) in [6.45, 7) is 1.53. The summed E-state index contributed by atoms with van der Waals surface area (Å²) in [7, 11) is 0. The molecule has 1 amide bonds. The molecule has 0 radical (unpaired) electrons. The predicted molar refractivity (Wildman–Crippen MR) is 99.4 cm³/mol. The van der Waals surface area contributed by atoms with Gasteiger partial charge in [0.25, 0.3) is 5.91 Å². The van der Waals surface area contributed by atoms with Crippen molar-refractivity contribution >= 4 is 28.1 Å². The van der Waals surface area contributed by atoms with Crippen molar-refractivity contribution in [3.05, 3.63) is 70.1 Å². The van der Waals surface area contributed by atoms with Gasteiger partial charge in [-0.15, -0.1) is 11.3 Å². The first-order valence-electron chi connectivity index (χ1n) is 7.76. The second kappa shape index (κ2) is 7.75. The Labute approximate surface area is 153 Å². The van der Waals surface area contributed by atoms with Gasteiger partial charge < -0.3 is 4.74 Å². The van der Waals surface area contributed by atoms with Gasteiger partial charge in [0, 0.05) is 17.0 Å². The molecule has 8 heteroatoms. The molecule has 3 aromatic rings. The highest BCUT2D eigenvalue weighted by Gasteiger charge is 2.21. The van der Waals surface area contributed by atoms with Crippen LogP contribution >= 0.6 is 11.3 Å². The van der Waals surface area contributed by atoms with Crippen LogP contribution in [-0.4, -0.2) is 21.9 Å². The van der Waals surface area contributed by atoms with E-state index in [2.05, 4.69) is 10.3 Å². The summed E-state index contributed by atoms with van der Waals surface area (Å²) in [4.78, 5) is 27.2. The van der Waals surface area contributed by atoms with Crippen LogP contribution in [0.4, 0.5) is 10.8 Å². The van der Waals surface area contributed by atoms with E-state index in [-0.39, 0.29) is 11.4 Å². The van der Waals surface area contributed by atoms with Gasteiger partial charge in [0.1, 0.15) is 0 Å². The second-order valence-corrected chi connectivity index (χ2v) is 6.24. The number of nitrogens with one attached hydrogen (secondary N) is 1. The van der Waals surface area contributed by atoms with Gasteiger partial charge in [-0.2, -0.15) is 0 Å². The van der Waals surface area contributed by atoms with E-state index in [0.717, 1.165) is 11.3 Å². The molecule has 1 atom stereocenters. The summed E-state index contributed by atoms with van der Waals surface area (Å²) in [6, 6.07) is 15.5. The van der Waals surface area contributed by atoms with E-state index in [1.54, 1.807) is 6.07 Å². The molecule has 3 rings (SSSR count). The quantitative estimate of drug-likeness (QED) is 0.521. The third kappa shape index (κ3) is 4.04. The third-order valence-electron chi connectivity index (χ3n) is 3.54. The number of carbonyl (C=O) groups excluding carboxylic acids is 1. The lowest BCUT2D eigenvalue weighted by Crippen LogP contribution is -2.30. The summed E-state index contributed by atoms with van der Waals surface area (Å²) in [5, 5.41) is 16.0. The Morgan fingerprint density at radius 3 is 2.62 bits per heavy atom. The minimum Gasteiger partial charge on any atom is -0.474 e. The minimum absolute atomic E-state index is 0.0456. The van der Waals surface area contributed by atoms with Crippen molar-refractivity contribution in [1.29, 1.82) is 0 Å². The maximum absolute atomic E-state index is 12.3. The molecule has 1 heterocycles. The van der Waals surface area contributed by atoms with Crippen LogP contribution in [0, 0.1) is 10.1 Å². The molecule has 0 aliphatic carbocycles. The number of nitro benzene ring substituents is 1. The predicted octanol–water partition coefficient (Wildman–Crippen LogP) is 4.12. The Balaban J connectivity index is 1.67. The SMILES string of the molecule is C[C@@H](Oc1ccccc1[N+](=O)[O-])C(=O)Nc1nc(-c2ccccc2)cs1. The second-order valence-electron chi connectivity index (χ2n) is 5.38. The topological polar surface area (TPSA) is 94.4 Å². The summed E-state index contributed by atoms with van der Waals surface area (Å²) in [5.41, 5.74) is 1.53. The average Bonchev–Trinajstić information content (AvgIpc) is 3.11. The van der Waals surface area contributed by atoms with Crippen molar-refractivity contribution in [2.75, 3.05) is 5.32 Å². The normalized spacial score (nSPS) is 11.6. The van der Waals surface area contributed by atoms with E-state index in [4.69, 9.17) is 4.74 Å². The van der Waals surface area contributed by atoms with Gasteiger partial charge in [-0.1, -0.05) is 42.5 Å². The van der Waals surface area contributed by atoms with E-state index < -0.39 is 16.9 Å². The van der Waals surface area contributed by atoms with Crippen LogP contribution in [0.5, 0.6) is 5.75 Å². The number of benzene rings is 2. The average molecular weight is 369 g/mol. The van der Waals surface area contributed by atoms with Gasteiger partial charge in [-0.05, 0) is 13.0 Å². The number of carbonyl (C=O) groups is 1. The number of nitro groups is 1. The van der Waals surface area contributed by atoms with Crippen LogP contribution in [0.2, 0.25) is 0 Å². The number of para-hydroxylation sites is 2. The largest absolute Gasteiger partial charge is 0.474 e. The van der Waals surface area contributed by atoms with Crippen LogP contribution in [0.3, 0.4) is 0 Å². The molecule has 0 spiro atoms. The highest BCUT2D eigenvalue weighted by Crippen LogP contribution is 2.28. The maximum atomic E-state index is 12.3. The monoisotopic (exact) mass is 369 g/mol. The smallest absolute Gasteiger partial charge is 0.310 e. The number of thiazole rings is 1. The van der Waals surface area contributed by atoms with Crippen LogP contribution in [0.1, 0.15) is 6.92 Å². The van der Waals surface area contributed by atoms with E-state index in [0.29, 0.717) is 5.13 Å². The molecule has 0 fully saturated rings. The Morgan fingerprint density at radius 2 is 1.88 bits per heavy atom. The van der Waals surface area contributed by atoms with Gasteiger partial charge in [-0.25, -0.2) is 4.98 Å². The van der Waals surface area contributed by atoms with Crippen LogP contribution in [-0.2, 0) is 4.79 Å². The number of ether oxygens (including phenoxy) is 1. The molecule has 26 heavy (non-hydrogen) atoms. The lowest BCUT2D eigenvalue weighted by Gasteiger charge is -2.13. The fraction of sp³-hybridized carbons (Fsp3) is 0.111. The first-order chi connectivity index (χ1) is 12.5. The zero-order valence-electron chi connectivity index (χ0n) is 13.8. The fourth-order valence-corrected chi connectivity index (χ4v) is 2.95. The number of rotatable bonds is 6. The molecule has 0 saturated heterocycles. The molecular weight excluding hydrogens is 354 g/mol. The number of anilines is 1. The van der Waals surface area contributed by atoms with Gasteiger partial charge in [0.05, 0.1) is 10.6 Å². The molecule has 132 valence electrons. The van der Waals surface area contributed by atoms with Crippen LogP contribution < -0.4 is 10.1 Å². The molecule has 0 bridgehead atoms. The summed E-state index contributed by atoms with van der Waals surface area (Å²) in [6.07, 6.45) is -0.917. The van der Waals surface area contributed by atoms with Gasteiger partial charge in [0.15, 0.2) is 17.0 Å². The first kappa shape index (κ1) is 17.6. The van der Waals surface area contributed by atoms with E-state index in [1.807, 2.05) is 35.7 Å². The highest BCUT2D eigenvalue weighted by molar-refractivity contribution is 7.14. The Bertz CT molecular complexity index is 927. The van der Waals surface area contributed by atoms with E-state index >= 15 is 0 Å². The molecule has 1 aromatic heterocycles. The summed E-state index contributed by atoms with van der Waals surface area (Å²) in [5.74, 6) is -0.388. The van der Waals surface area contributed by atoms with Crippen molar-refractivity contribution in [2.24, 2.45) is 0 Å². The minimum atomic E-state index is -0.917. The standard InChI is InChI=1S/C18H15N3O4S/c1-12(25-16-10-6-5-9-15(16)21(23)24)17(22)20-18-19-14(11-26-18)13-7-3-2-4-8-13/h2-12H,1H3,(H,19,20,22)/t12-/m1/s1. The lowest BCUT2D eigenvalue weighted by atomic mass is 10.2. The highest BCUT2D eigenvalue weighted by atomic mass is 32.1. The van der Waals surface area contributed by atoms with Crippen molar-refractivity contribution in [2.45, 2.75) is 13.0 Å². The molecule has 0 saturated carbocycles. The molecule has 0 unspecified atom stereocenters. The number of aromatic nitrogens is 1. The van der Waals surface area contributed by atoms with Crippen molar-refractivity contribution in [3.63, 3.8) is 0 Å². The van der Waals surface area contributed by atoms with Gasteiger partial charge >= 0.3 is 5.69 Å². The molecular formula is C18H15N3O4S. The molecule has 1 N–H and O–H groups in total. The van der Waals surface area contributed by atoms with Gasteiger partial charge in [0.2, 0.25) is 0 Å². The van der Waals surface area contributed by atoms with Crippen molar-refractivity contribution < 1.29 is 14.5 Å². The fourth-order valence-electron chi connectivity index (χ4n) is 2.23. The Kier molecular flexibility index (Phi) is 5.23. The van der Waals surface area contributed by atoms with E-state index in [1.165, 1.54) is 36.5 Å². The number of nitrogens with zero attached hydrogens (tertiary/aromatic N) is 2. The number of amides is 1. The Morgan fingerprint density at radius 1 is 1.19 bits per heavy atom.